The van der Waals surface area contributed by atoms with Crippen molar-refractivity contribution >= 4 is 17.3 Å². The number of amides is 1. The third-order valence-corrected chi connectivity index (χ3v) is 4.53. The van der Waals surface area contributed by atoms with E-state index in [0.29, 0.717) is 5.82 Å². The zero-order valence-electron chi connectivity index (χ0n) is 18.4. The van der Waals surface area contributed by atoms with Crippen molar-refractivity contribution in [2.24, 2.45) is 0 Å². The summed E-state index contributed by atoms with van der Waals surface area (Å²) in [4.78, 5) is 29.7. The van der Waals surface area contributed by atoms with Crippen LogP contribution in [0.25, 0.3) is 16.8 Å². The molecule has 0 radical (unpaired) electrons. The molecule has 0 fully saturated rings. The summed E-state index contributed by atoms with van der Waals surface area (Å²) in [6, 6.07) is 5.64. The van der Waals surface area contributed by atoms with Crippen molar-refractivity contribution in [2.45, 2.75) is 40.5 Å². The minimum absolute atomic E-state index is 0.137. The number of anilines is 1. The summed E-state index contributed by atoms with van der Waals surface area (Å²) in [6.07, 6.45) is 13.9. The van der Waals surface area contributed by atoms with Crippen LogP contribution in [0.5, 0.6) is 0 Å². The molecule has 6 heteroatoms. The molecule has 1 N–H and O–H groups in total. The van der Waals surface area contributed by atoms with Crippen LogP contribution in [0.1, 0.15) is 44.0 Å². The summed E-state index contributed by atoms with van der Waals surface area (Å²) in [6.45, 7) is 8.29. The van der Waals surface area contributed by atoms with Crippen molar-refractivity contribution in [3.8, 4) is 11.3 Å². The SMILES string of the molecule is CC/C=C(\C=C(C)C)c1ncc(CC(=O)Nc2ccc(-c3cnccn3)cn2)cc1C. The summed E-state index contributed by atoms with van der Waals surface area (Å²) in [7, 11) is 0. The van der Waals surface area contributed by atoms with Gasteiger partial charge in [0.05, 0.1) is 24.0 Å². The van der Waals surface area contributed by atoms with E-state index in [1.54, 1.807) is 37.1 Å². The van der Waals surface area contributed by atoms with Gasteiger partial charge in [0.25, 0.3) is 0 Å². The van der Waals surface area contributed by atoms with E-state index < -0.39 is 0 Å². The minimum Gasteiger partial charge on any atom is -0.310 e. The molecule has 3 aromatic rings. The summed E-state index contributed by atoms with van der Waals surface area (Å²) >= 11 is 0. The van der Waals surface area contributed by atoms with Gasteiger partial charge in [-0.25, -0.2) is 4.98 Å². The molecule has 31 heavy (non-hydrogen) atoms. The second kappa shape index (κ2) is 10.4. The lowest BCUT2D eigenvalue weighted by atomic mass is 10.0. The molecule has 3 aromatic heterocycles. The highest BCUT2D eigenvalue weighted by Gasteiger charge is 2.10. The standard InChI is InChI=1S/C25H27N5O/c1-5-6-20(11-17(2)3)25-18(4)12-19(14-29-25)13-24(31)30-23-8-7-21(15-28-23)22-16-26-9-10-27-22/h6-12,14-16H,5,13H2,1-4H3,(H,28,30,31)/b20-6+. The highest BCUT2D eigenvalue weighted by atomic mass is 16.1. The zero-order valence-corrected chi connectivity index (χ0v) is 18.4. The van der Waals surface area contributed by atoms with Crippen LogP contribution >= 0.6 is 0 Å². The maximum Gasteiger partial charge on any atom is 0.230 e. The van der Waals surface area contributed by atoms with E-state index >= 15 is 0 Å². The molecule has 1 amide bonds. The predicted molar refractivity (Wildman–Crippen MR) is 124 cm³/mol. The fraction of sp³-hybridized carbons (Fsp3) is 0.240. The number of pyridine rings is 2. The third kappa shape index (κ3) is 6.15. The molecule has 0 spiro atoms. The highest BCUT2D eigenvalue weighted by Crippen LogP contribution is 2.21. The van der Waals surface area contributed by atoms with Crippen LogP contribution in [0.3, 0.4) is 0 Å². The molecule has 0 saturated heterocycles. The van der Waals surface area contributed by atoms with Crippen LogP contribution in [0, 0.1) is 6.92 Å². The van der Waals surface area contributed by atoms with Crippen molar-refractivity contribution in [1.82, 2.24) is 19.9 Å². The maximum atomic E-state index is 12.5. The molecule has 3 heterocycles. The zero-order chi connectivity index (χ0) is 22.2. The number of aryl methyl sites for hydroxylation is 1. The molecule has 0 unspecified atom stereocenters. The lowest BCUT2D eigenvalue weighted by Gasteiger charge is -2.10. The first-order chi connectivity index (χ1) is 15.0. The topological polar surface area (TPSA) is 80.7 Å². The van der Waals surface area contributed by atoms with Gasteiger partial charge in [0, 0.05) is 30.4 Å². The Kier molecular flexibility index (Phi) is 7.38. The number of carbonyl (C=O) groups is 1. The van der Waals surface area contributed by atoms with E-state index in [2.05, 4.69) is 58.2 Å². The van der Waals surface area contributed by atoms with Crippen LogP contribution in [-0.2, 0) is 11.2 Å². The second-order valence-corrected chi connectivity index (χ2v) is 7.55. The van der Waals surface area contributed by atoms with Crippen LogP contribution < -0.4 is 5.32 Å². The Bertz CT molecular complexity index is 1100. The number of rotatable bonds is 7. The van der Waals surface area contributed by atoms with Crippen molar-refractivity contribution in [3.63, 3.8) is 0 Å². The number of hydrogen-bond acceptors (Lipinski definition) is 5. The van der Waals surface area contributed by atoms with Gasteiger partial charge >= 0.3 is 0 Å². The molecule has 0 aliphatic rings. The lowest BCUT2D eigenvalue weighted by molar-refractivity contribution is -0.115. The van der Waals surface area contributed by atoms with Gasteiger partial charge in [0.1, 0.15) is 5.82 Å². The molecule has 3 rings (SSSR count). The molecule has 0 aliphatic heterocycles. The largest absolute Gasteiger partial charge is 0.310 e. The van der Waals surface area contributed by atoms with Gasteiger partial charge in [-0.15, -0.1) is 0 Å². The van der Waals surface area contributed by atoms with Gasteiger partial charge in [-0.2, -0.15) is 0 Å². The summed E-state index contributed by atoms with van der Waals surface area (Å²) in [5.74, 6) is 0.359. The van der Waals surface area contributed by atoms with Gasteiger partial charge in [-0.05, 0) is 56.0 Å². The molecule has 158 valence electrons. The van der Waals surface area contributed by atoms with Crippen LogP contribution in [-0.4, -0.2) is 25.8 Å². The fourth-order valence-corrected chi connectivity index (χ4v) is 3.23. The average molecular weight is 414 g/mol. The average Bonchev–Trinajstić information content (AvgIpc) is 2.74. The van der Waals surface area contributed by atoms with Gasteiger partial charge < -0.3 is 5.32 Å². The summed E-state index contributed by atoms with van der Waals surface area (Å²) in [5, 5.41) is 2.84. The minimum atomic E-state index is -0.137. The molecular formula is C25H27N5O. The fourth-order valence-electron chi connectivity index (χ4n) is 3.23. The molecule has 0 saturated carbocycles. The number of aromatic nitrogens is 4. The third-order valence-electron chi connectivity index (χ3n) is 4.53. The van der Waals surface area contributed by atoms with E-state index in [1.807, 2.05) is 19.1 Å². The monoisotopic (exact) mass is 413 g/mol. The predicted octanol–water partition coefficient (Wildman–Crippen LogP) is 5.18. The van der Waals surface area contributed by atoms with E-state index in [0.717, 1.165) is 40.1 Å². The molecule has 0 aliphatic carbocycles. The Hall–Kier alpha value is -3.67. The van der Waals surface area contributed by atoms with Gasteiger partial charge in [0.2, 0.25) is 5.91 Å². The Labute approximate surface area is 183 Å². The Balaban J connectivity index is 1.67. The van der Waals surface area contributed by atoms with Crippen LogP contribution in [0.15, 0.2) is 66.9 Å². The van der Waals surface area contributed by atoms with Crippen molar-refractivity contribution in [2.75, 3.05) is 5.32 Å². The molecule has 0 bridgehead atoms. The number of allylic oxidation sites excluding steroid dienone is 4. The number of carbonyl (C=O) groups excluding carboxylic acids is 1. The Morgan fingerprint density at radius 2 is 1.90 bits per heavy atom. The summed E-state index contributed by atoms with van der Waals surface area (Å²) < 4.78 is 0. The van der Waals surface area contributed by atoms with Gasteiger partial charge in [0.15, 0.2) is 0 Å². The first kappa shape index (κ1) is 22.0. The van der Waals surface area contributed by atoms with Gasteiger partial charge in [-0.1, -0.05) is 30.7 Å². The van der Waals surface area contributed by atoms with Crippen molar-refractivity contribution in [3.05, 3.63) is 83.7 Å². The van der Waals surface area contributed by atoms with Gasteiger partial charge in [-0.3, -0.25) is 19.7 Å². The smallest absolute Gasteiger partial charge is 0.230 e. The van der Waals surface area contributed by atoms with E-state index in [1.165, 1.54) is 5.57 Å². The van der Waals surface area contributed by atoms with Crippen LogP contribution in [0.4, 0.5) is 5.82 Å². The molecular weight excluding hydrogens is 386 g/mol. The first-order valence-corrected chi connectivity index (χ1v) is 10.3. The first-order valence-electron chi connectivity index (χ1n) is 10.3. The van der Waals surface area contributed by atoms with E-state index in [9.17, 15) is 4.79 Å². The second-order valence-electron chi connectivity index (χ2n) is 7.55. The van der Waals surface area contributed by atoms with Crippen molar-refractivity contribution < 1.29 is 4.79 Å². The van der Waals surface area contributed by atoms with Crippen LogP contribution in [0.2, 0.25) is 0 Å². The Morgan fingerprint density at radius 1 is 1.06 bits per heavy atom. The summed E-state index contributed by atoms with van der Waals surface area (Å²) in [5.41, 5.74) is 6.78. The number of nitrogens with zero attached hydrogens (tertiary/aromatic N) is 4. The molecule has 6 nitrogen and oxygen atoms in total. The number of hydrogen-bond donors (Lipinski definition) is 1. The number of nitrogens with one attached hydrogen (secondary N) is 1. The van der Waals surface area contributed by atoms with Crippen molar-refractivity contribution in [1.29, 1.82) is 0 Å². The highest BCUT2D eigenvalue weighted by molar-refractivity contribution is 5.91. The normalized spacial score (nSPS) is 11.2. The van der Waals surface area contributed by atoms with E-state index in [4.69, 9.17) is 0 Å². The molecule has 0 atom stereocenters. The lowest BCUT2D eigenvalue weighted by Crippen LogP contribution is -2.15. The maximum absolute atomic E-state index is 12.5. The quantitative estimate of drug-likeness (QED) is 0.540. The Morgan fingerprint density at radius 3 is 2.52 bits per heavy atom. The van der Waals surface area contributed by atoms with E-state index in [-0.39, 0.29) is 12.3 Å². The molecule has 0 aromatic carbocycles.